The molecule has 0 atom stereocenters. The molecule has 0 aliphatic heterocycles. The number of rotatable bonds is 4. The van der Waals surface area contributed by atoms with Crippen molar-refractivity contribution in [2.24, 2.45) is 0 Å². The second-order valence-corrected chi connectivity index (χ2v) is 3.73. The van der Waals surface area contributed by atoms with Crippen LogP contribution in [0.15, 0.2) is 0 Å². The molecule has 0 aromatic rings. The van der Waals surface area contributed by atoms with Gasteiger partial charge in [0.05, 0.1) is 0 Å². The molecule has 3 heteroatoms. The number of hydrogen-bond donors (Lipinski definition) is 0. The first-order chi connectivity index (χ1) is 4.52. The predicted octanol–water partition coefficient (Wildman–Crippen LogP) is 1.64. The predicted molar refractivity (Wildman–Crippen MR) is 49.9 cm³/mol. The lowest BCUT2D eigenvalue weighted by Gasteiger charge is -2.02. The van der Waals surface area contributed by atoms with Gasteiger partial charge in [0.25, 0.3) is 0 Å². The van der Waals surface area contributed by atoms with E-state index in [2.05, 4.69) is 27.7 Å². The van der Waals surface area contributed by atoms with Crippen LogP contribution < -0.4 is 0 Å². The number of carbonyl (C=O) groups excluding carboxylic acids is 1. The van der Waals surface area contributed by atoms with E-state index in [0.29, 0.717) is 17.2 Å². The second kappa shape index (κ2) is 4.59. The Labute approximate surface area is 65.1 Å². The molecule has 1 nitrogen and oxygen atoms in total. The first-order valence-corrected chi connectivity index (χ1v) is 4.04. The van der Waals surface area contributed by atoms with Crippen molar-refractivity contribution in [2.45, 2.75) is 39.3 Å². The van der Waals surface area contributed by atoms with Crippen molar-refractivity contribution in [3.05, 3.63) is 0 Å². The zero-order chi connectivity index (χ0) is 8.15. The summed E-state index contributed by atoms with van der Waals surface area (Å²) < 4.78 is 0. The molecule has 0 fully saturated rings. The van der Waals surface area contributed by atoms with Crippen LogP contribution in [0.2, 0.25) is 11.6 Å². The lowest BCUT2D eigenvalue weighted by Crippen LogP contribution is -2.19. The number of carbonyl (C=O) groups is 1. The fourth-order valence-corrected chi connectivity index (χ4v) is 0.994. The van der Waals surface area contributed by atoms with Crippen molar-refractivity contribution >= 4 is 20.1 Å². The molecule has 0 saturated carbocycles. The highest BCUT2D eigenvalue weighted by Crippen LogP contribution is 2.02. The van der Waals surface area contributed by atoms with Crippen molar-refractivity contribution in [2.75, 3.05) is 0 Å². The lowest BCUT2D eigenvalue weighted by atomic mass is 9.45. The van der Waals surface area contributed by atoms with Gasteiger partial charge in [0, 0.05) is 5.58 Å². The maximum atomic E-state index is 11.1. The van der Waals surface area contributed by atoms with Gasteiger partial charge in [-0.1, -0.05) is 39.3 Å². The summed E-state index contributed by atoms with van der Waals surface area (Å²) >= 11 is 0. The van der Waals surface area contributed by atoms with E-state index in [9.17, 15) is 4.79 Å². The van der Waals surface area contributed by atoms with Crippen LogP contribution in [0.5, 0.6) is 0 Å². The Bertz CT molecular complexity index is 98.2. The minimum absolute atomic E-state index is 0.407. The molecular weight excluding hydrogens is 122 g/mol. The Morgan fingerprint density at radius 3 is 1.50 bits per heavy atom. The van der Waals surface area contributed by atoms with E-state index >= 15 is 0 Å². The van der Waals surface area contributed by atoms with Crippen LogP contribution in [0.4, 0.5) is 4.79 Å². The van der Waals surface area contributed by atoms with Crippen LogP contribution in [0.25, 0.3) is 0 Å². The molecule has 0 heterocycles. The molecule has 0 aromatic heterocycles. The van der Waals surface area contributed by atoms with Crippen molar-refractivity contribution in [3.8, 4) is 0 Å². The third kappa shape index (κ3) is 5.93. The summed E-state index contributed by atoms with van der Waals surface area (Å²) in [5, 5.41) is 0. The number of hydrogen-bond acceptors (Lipinski definition) is 1. The maximum absolute atomic E-state index is 11.1. The molecule has 0 rings (SSSR count). The molecule has 0 N–H and O–H groups in total. The van der Waals surface area contributed by atoms with Crippen molar-refractivity contribution in [1.82, 2.24) is 0 Å². The van der Waals surface area contributed by atoms with Gasteiger partial charge in [0.2, 0.25) is 0 Å². The van der Waals surface area contributed by atoms with E-state index in [1.165, 1.54) is 0 Å². The molecule has 0 saturated heterocycles. The smallest absolute Gasteiger partial charge is 0.194 e. The van der Waals surface area contributed by atoms with Gasteiger partial charge in [-0.2, -0.15) is 0 Å². The van der Waals surface area contributed by atoms with E-state index in [-0.39, 0.29) is 0 Å². The van der Waals surface area contributed by atoms with E-state index < -0.39 is 0 Å². The quantitative estimate of drug-likeness (QED) is 0.539. The second-order valence-electron chi connectivity index (χ2n) is 3.73. The van der Waals surface area contributed by atoms with E-state index in [1.54, 1.807) is 0 Å². The average Bonchev–Trinajstić information content (AvgIpc) is 1.58. The zero-order valence-corrected chi connectivity index (χ0v) is 7.48. The van der Waals surface area contributed by atoms with Gasteiger partial charge in [-0.3, -0.25) is 0 Å². The summed E-state index contributed by atoms with van der Waals surface area (Å²) in [6.07, 6.45) is 0. The van der Waals surface area contributed by atoms with E-state index in [4.69, 9.17) is 0 Å². The molecule has 0 bridgehead atoms. The summed E-state index contributed by atoms with van der Waals surface area (Å²) in [4.78, 5) is 11.1. The first kappa shape index (κ1) is 9.80. The molecule has 0 aromatic carbocycles. The average molecular weight is 138 g/mol. The summed E-state index contributed by atoms with van der Waals surface area (Å²) in [6.45, 7) is 8.33. The fourth-order valence-electron chi connectivity index (χ4n) is 0.994. The normalized spacial score (nSPS) is 10.2. The first-order valence-electron chi connectivity index (χ1n) is 4.04. The van der Waals surface area contributed by atoms with Gasteiger partial charge in [-0.05, 0) is 0 Å². The molecule has 0 spiro atoms. The fraction of sp³-hybridized carbons (Fsp3) is 0.857. The van der Waals surface area contributed by atoms with Crippen molar-refractivity contribution in [3.63, 3.8) is 0 Å². The highest BCUT2D eigenvalue weighted by atomic mass is 16.1. The highest BCUT2D eigenvalue weighted by molar-refractivity contribution is 7.04. The van der Waals surface area contributed by atoms with Crippen LogP contribution >= 0.6 is 0 Å². The van der Waals surface area contributed by atoms with Gasteiger partial charge in [-0.15, -0.1) is 0 Å². The summed E-state index contributed by atoms with van der Waals surface area (Å²) in [5.74, 6) is 1.04. The van der Waals surface area contributed by atoms with Crippen molar-refractivity contribution < 1.29 is 4.79 Å². The van der Waals surface area contributed by atoms with E-state index in [0.717, 1.165) is 14.6 Å². The topological polar surface area (TPSA) is 17.1 Å². The Morgan fingerprint density at radius 1 is 1.00 bits per heavy atom. The molecule has 0 unspecified atom stereocenters. The third-order valence-corrected chi connectivity index (χ3v) is 1.27. The van der Waals surface area contributed by atoms with Crippen LogP contribution in [-0.4, -0.2) is 20.1 Å². The van der Waals surface area contributed by atoms with Gasteiger partial charge < -0.3 is 4.79 Å². The Kier molecular flexibility index (Phi) is 4.50. The minimum Gasteiger partial charge on any atom is -0.323 e. The molecule has 0 aliphatic carbocycles. The molecule has 0 radical (unpaired) electrons. The molecule has 0 aliphatic rings. The van der Waals surface area contributed by atoms with Gasteiger partial charge >= 0.3 is 0 Å². The SMILES string of the molecule is CC(C)BC(=O)BC(C)C. The Morgan fingerprint density at radius 2 is 1.30 bits per heavy atom. The van der Waals surface area contributed by atoms with Crippen LogP contribution in [0.3, 0.4) is 0 Å². The molecule has 10 heavy (non-hydrogen) atoms. The zero-order valence-electron chi connectivity index (χ0n) is 7.48. The summed E-state index contributed by atoms with van der Waals surface area (Å²) in [5.41, 5.74) is 0.407. The monoisotopic (exact) mass is 138 g/mol. The largest absolute Gasteiger partial charge is 0.323 e. The lowest BCUT2D eigenvalue weighted by molar-refractivity contribution is 0.273. The molecule has 0 amide bonds. The highest BCUT2D eigenvalue weighted by Gasteiger charge is 2.10. The van der Waals surface area contributed by atoms with Crippen LogP contribution in [-0.2, 0) is 0 Å². The van der Waals surface area contributed by atoms with Gasteiger partial charge in [0.1, 0.15) is 0 Å². The van der Waals surface area contributed by atoms with E-state index in [1.807, 2.05) is 0 Å². The maximum Gasteiger partial charge on any atom is 0.194 e. The standard InChI is InChI=1S/C7H16B2O/c1-5(2)8-7(10)9-6(3)4/h5-6,8-9H,1-4H3. The minimum atomic E-state index is 0.407. The van der Waals surface area contributed by atoms with Gasteiger partial charge in [-0.25, -0.2) is 0 Å². The summed E-state index contributed by atoms with van der Waals surface area (Å²) in [6, 6.07) is 0. The van der Waals surface area contributed by atoms with Crippen LogP contribution in [0, 0.1) is 0 Å². The van der Waals surface area contributed by atoms with Crippen LogP contribution in [0.1, 0.15) is 27.7 Å². The van der Waals surface area contributed by atoms with Crippen molar-refractivity contribution in [1.29, 1.82) is 0 Å². The molecule has 56 valence electrons. The third-order valence-electron chi connectivity index (χ3n) is 1.27. The summed E-state index contributed by atoms with van der Waals surface area (Å²) in [7, 11) is 1.50. The Hall–Kier alpha value is -0.200. The van der Waals surface area contributed by atoms with Gasteiger partial charge in [0.15, 0.2) is 14.6 Å². The Balaban J connectivity index is 3.44. The molecular formula is C7H16B2O.